The summed E-state index contributed by atoms with van der Waals surface area (Å²) in [4.78, 5) is 2.16. The number of nitrogens with zero attached hydrogens (tertiary/aromatic N) is 1. The van der Waals surface area contributed by atoms with Crippen molar-refractivity contribution in [1.29, 1.82) is 0 Å². The van der Waals surface area contributed by atoms with Crippen molar-refractivity contribution >= 4 is 21.4 Å². The molecule has 0 amide bonds. The maximum absolute atomic E-state index is 11.5. The Labute approximate surface area is 97.7 Å². The van der Waals surface area contributed by atoms with Crippen molar-refractivity contribution in [3.05, 3.63) is 0 Å². The van der Waals surface area contributed by atoms with E-state index in [1.165, 1.54) is 0 Å². The Morgan fingerprint density at radius 1 is 1.40 bits per heavy atom. The first-order valence-corrected chi connectivity index (χ1v) is 7.86. The third-order valence-corrected chi connectivity index (χ3v) is 4.87. The Balaban J connectivity index is 2.30. The number of piperidine rings is 1. The zero-order valence-corrected chi connectivity index (χ0v) is 10.9. The average molecular weight is 254 g/mol. The highest BCUT2D eigenvalue weighted by Crippen LogP contribution is 2.14. The van der Waals surface area contributed by atoms with Crippen LogP contribution in [0.5, 0.6) is 0 Å². The minimum Gasteiger partial charge on any atom is -0.301 e. The third kappa shape index (κ3) is 5.18. The van der Waals surface area contributed by atoms with Gasteiger partial charge in [-0.05, 0) is 25.8 Å². The van der Waals surface area contributed by atoms with Gasteiger partial charge >= 0.3 is 0 Å². The third-order valence-electron chi connectivity index (χ3n) is 2.68. The molecular formula is C10H20ClNO2S. The van der Waals surface area contributed by atoms with E-state index < -0.39 is 9.84 Å². The average Bonchev–Trinajstić information content (AvgIpc) is 2.15. The standard InChI is InChI=1S/C10H20ClNO2S/c1-2-7-15(13,14)8-6-12-5-3-4-10(11)9-12/h10H,2-9H2,1H3. The molecule has 5 heteroatoms. The topological polar surface area (TPSA) is 37.4 Å². The number of halogens is 1. The largest absolute Gasteiger partial charge is 0.301 e. The predicted octanol–water partition coefficient (Wildman–Crippen LogP) is 1.51. The summed E-state index contributed by atoms with van der Waals surface area (Å²) >= 11 is 6.03. The van der Waals surface area contributed by atoms with Crippen LogP contribution in [0.3, 0.4) is 0 Å². The normalized spacial score (nSPS) is 24.3. The second kappa shape index (κ2) is 6.06. The maximum Gasteiger partial charge on any atom is 0.151 e. The van der Waals surface area contributed by atoms with E-state index in [0.29, 0.717) is 18.7 Å². The smallest absolute Gasteiger partial charge is 0.151 e. The monoisotopic (exact) mass is 253 g/mol. The minimum atomic E-state index is -2.83. The molecule has 1 atom stereocenters. The first-order chi connectivity index (χ1) is 7.03. The van der Waals surface area contributed by atoms with Crippen LogP contribution in [0.1, 0.15) is 26.2 Å². The molecule has 15 heavy (non-hydrogen) atoms. The molecule has 0 bridgehead atoms. The molecule has 1 heterocycles. The lowest BCUT2D eigenvalue weighted by molar-refractivity contribution is 0.244. The van der Waals surface area contributed by atoms with Crippen molar-refractivity contribution in [2.75, 3.05) is 31.1 Å². The second-order valence-corrected chi connectivity index (χ2v) is 7.11. The summed E-state index contributed by atoms with van der Waals surface area (Å²) in [6.07, 6.45) is 2.85. The van der Waals surface area contributed by atoms with Crippen molar-refractivity contribution < 1.29 is 8.42 Å². The molecule has 3 nitrogen and oxygen atoms in total. The molecule has 1 unspecified atom stereocenters. The zero-order chi connectivity index (χ0) is 11.3. The van der Waals surface area contributed by atoms with Gasteiger partial charge < -0.3 is 4.90 Å². The van der Waals surface area contributed by atoms with Gasteiger partial charge in [-0.1, -0.05) is 6.92 Å². The van der Waals surface area contributed by atoms with Crippen LogP contribution >= 0.6 is 11.6 Å². The fourth-order valence-electron chi connectivity index (χ4n) is 1.88. The molecule has 0 radical (unpaired) electrons. The highest BCUT2D eigenvalue weighted by atomic mass is 35.5. The number of sulfone groups is 1. The van der Waals surface area contributed by atoms with Gasteiger partial charge in [0, 0.05) is 24.2 Å². The van der Waals surface area contributed by atoms with Crippen LogP contribution in [-0.2, 0) is 9.84 Å². The van der Waals surface area contributed by atoms with Gasteiger partial charge in [0.2, 0.25) is 0 Å². The maximum atomic E-state index is 11.5. The molecule has 1 saturated heterocycles. The summed E-state index contributed by atoms with van der Waals surface area (Å²) in [6, 6.07) is 0. The van der Waals surface area contributed by atoms with Gasteiger partial charge in [-0.3, -0.25) is 0 Å². The van der Waals surface area contributed by atoms with Gasteiger partial charge in [0.1, 0.15) is 0 Å². The lowest BCUT2D eigenvalue weighted by atomic mass is 10.1. The molecule has 1 fully saturated rings. The van der Waals surface area contributed by atoms with Crippen molar-refractivity contribution in [1.82, 2.24) is 4.90 Å². The number of rotatable bonds is 5. The van der Waals surface area contributed by atoms with Crippen molar-refractivity contribution in [2.24, 2.45) is 0 Å². The molecule has 0 saturated carbocycles. The first-order valence-electron chi connectivity index (χ1n) is 5.60. The number of alkyl halides is 1. The van der Waals surface area contributed by atoms with E-state index in [1.807, 2.05) is 6.92 Å². The highest BCUT2D eigenvalue weighted by Gasteiger charge is 2.19. The molecule has 0 aromatic rings. The summed E-state index contributed by atoms with van der Waals surface area (Å²) in [5.41, 5.74) is 0. The molecule has 90 valence electrons. The summed E-state index contributed by atoms with van der Waals surface area (Å²) in [6.45, 7) is 4.37. The molecule has 0 aromatic heterocycles. The van der Waals surface area contributed by atoms with Crippen LogP contribution in [-0.4, -0.2) is 49.8 Å². The second-order valence-electron chi connectivity index (χ2n) is 4.19. The minimum absolute atomic E-state index is 0.202. The molecule has 1 aliphatic rings. The van der Waals surface area contributed by atoms with E-state index in [-0.39, 0.29) is 11.1 Å². The number of hydrogen-bond donors (Lipinski definition) is 0. The summed E-state index contributed by atoms with van der Waals surface area (Å²) in [7, 11) is -2.83. The van der Waals surface area contributed by atoms with Gasteiger partial charge in [0.15, 0.2) is 9.84 Å². The van der Waals surface area contributed by atoms with Gasteiger partial charge in [-0.15, -0.1) is 11.6 Å². The van der Waals surface area contributed by atoms with Crippen LogP contribution in [0.25, 0.3) is 0 Å². The van der Waals surface area contributed by atoms with Gasteiger partial charge in [-0.25, -0.2) is 8.42 Å². The Kier molecular flexibility index (Phi) is 5.36. The molecule has 0 spiro atoms. The van der Waals surface area contributed by atoms with E-state index >= 15 is 0 Å². The fraction of sp³-hybridized carbons (Fsp3) is 1.00. The van der Waals surface area contributed by atoms with E-state index in [9.17, 15) is 8.42 Å². The molecule has 0 aliphatic carbocycles. The van der Waals surface area contributed by atoms with E-state index in [4.69, 9.17) is 11.6 Å². The lowest BCUT2D eigenvalue weighted by Crippen LogP contribution is -2.39. The fourth-order valence-corrected chi connectivity index (χ4v) is 3.60. The summed E-state index contributed by atoms with van der Waals surface area (Å²) in [5, 5.41) is 0.202. The Morgan fingerprint density at radius 2 is 2.13 bits per heavy atom. The van der Waals surface area contributed by atoms with Crippen LogP contribution in [0.4, 0.5) is 0 Å². The van der Waals surface area contributed by atoms with Crippen LogP contribution in [0.2, 0.25) is 0 Å². The van der Waals surface area contributed by atoms with Crippen molar-refractivity contribution in [2.45, 2.75) is 31.6 Å². The molecular weight excluding hydrogens is 234 g/mol. The predicted molar refractivity (Wildman–Crippen MR) is 64.3 cm³/mol. The van der Waals surface area contributed by atoms with E-state index in [2.05, 4.69) is 4.90 Å². The quantitative estimate of drug-likeness (QED) is 0.697. The molecule has 1 rings (SSSR count). The number of likely N-dealkylation sites (tertiary alicyclic amines) is 1. The van der Waals surface area contributed by atoms with E-state index in [0.717, 1.165) is 25.9 Å². The van der Waals surface area contributed by atoms with Crippen molar-refractivity contribution in [3.63, 3.8) is 0 Å². The van der Waals surface area contributed by atoms with Gasteiger partial charge in [-0.2, -0.15) is 0 Å². The SMILES string of the molecule is CCCS(=O)(=O)CCN1CCCC(Cl)C1. The summed E-state index contributed by atoms with van der Waals surface area (Å²) in [5.74, 6) is 0.593. The first kappa shape index (κ1) is 13.3. The molecule has 0 aromatic carbocycles. The summed E-state index contributed by atoms with van der Waals surface area (Å²) < 4.78 is 23.0. The zero-order valence-electron chi connectivity index (χ0n) is 9.28. The lowest BCUT2D eigenvalue weighted by Gasteiger charge is -2.29. The van der Waals surface area contributed by atoms with E-state index in [1.54, 1.807) is 0 Å². The van der Waals surface area contributed by atoms with Gasteiger partial charge in [0.05, 0.1) is 5.75 Å². The molecule has 1 aliphatic heterocycles. The Morgan fingerprint density at radius 3 is 2.73 bits per heavy atom. The van der Waals surface area contributed by atoms with Crippen molar-refractivity contribution in [3.8, 4) is 0 Å². The Bertz CT molecular complexity index is 279. The molecule has 0 N–H and O–H groups in total. The van der Waals surface area contributed by atoms with Crippen LogP contribution < -0.4 is 0 Å². The van der Waals surface area contributed by atoms with Crippen LogP contribution in [0.15, 0.2) is 0 Å². The Hall–Kier alpha value is 0.200. The highest BCUT2D eigenvalue weighted by molar-refractivity contribution is 7.91. The van der Waals surface area contributed by atoms with Gasteiger partial charge in [0.25, 0.3) is 0 Å². The van der Waals surface area contributed by atoms with Crippen LogP contribution in [0, 0.1) is 0 Å². The number of hydrogen-bond acceptors (Lipinski definition) is 3.